The number of amides is 1. The molecule has 0 aliphatic carbocycles. The van der Waals surface area contributed by atoms with Crippen LogP contribution in [0.2, 0.25) is 0 Å². The lowest BCUT2D eigenvalue weighted by atomic mass is 9.96. The largest absolute Gasteiger partial charge is 0.480 e. The van der Waals surface area contributed by atoms with E-state index >= 15 is 0 Å². The van der Waals surface area contributed by atoms with Crippen molar-refractivity contribution < 1.29 is 14.7 Å². The highest BCUT2D eigenvalue weighted by atomic mass is 16.4. The van der Waals surface area contributed by atoms with E-state index in [1.165, 1.54) is 0 Å². The van der Waals surface area contributed by atoms with Crippen molar-refractivity contribution in [1.29, 1.82) is 0 Å². The summed E-state index contributed by atoms with van der Waals surface area (Å²) in [6.07, 6.45) is 4.29. The molecular weight excluding hydrogens is 232 g/mol. The highest BCUT2D eigenvalue weighted by molar-refractivity contribution is 5.83. The van der Waals surface area contributed by atoms with Crippen molar-refractivity contribution in [2.75, 3.05) is 6.54 Å². The van der Waals surface area contributed by atoms with Crippen LogP contribution in [0.4, 0.5) is 0 Å². The minimum Gasteiger partial charge on any atom is -0.480 e. The second-order valence-electron chi connectivity index (χ2n) is 4.64. The van der Waals surface area contributed by atoms with Crippen molar-refractivity contribution in [2.24, 2.45) is 11.7 Å². The first-order valence-electron chi connectivity index (χ1n) is 6.77. The average molecular weight is 258 g/mol. The number of carbonyl (C=O) groups is 2. The van der Waals surface area contributed by atoms with Crippen LogP contribution in [-0.2, 0) is 9.59 Å². The number of hydrogen-bond donors (Lipinski definition) is 3. The first-order valence-corrected chi connectivity index (χ1v) is 6.77. The summed E-state index contributed by atoms with van der Waals surface area (Å²) in [7, 11) is 0. The van der Waals surface area contributed by atoms with Crippen LogP contribution in [-0.4, -0.2) is 29.6 Å². The van der Waals surface area contributed by atoms with E-state index in [0.29, 0.717) is 25.3 Å². The monoisotopic (exact) mass is 258 g/mol. The van der Waals surface area contributed by atoms with Crippen LogP contribution in [0.1, 0.15) is 52.4 Å². The van der Waals surface area contributed by atoms with Gasteiger partial charge in [0.15, 0.2) is 0 Å². The molecule has 2 atom stereocenters. The van der Waals surface area contributed by atoms with Gasteiger partial charge in [0.05, 0.1) is 0 Å². The minimum atomic E-state index is -0.959. The molecule has 18 heavy (non-hydrogen) atoms. The molecule has 0 aromatic rings. The molecule has 0 saturated heterocycles. The molecule has 5 nitrogen and oxygen atoms in total. The van der Waals surface area contributed by atoms with Crippen molar-refractivity contribution in [1.82, 2.24) is 5.32 Å². The molecule has 5 heteroatoms. The summed E-state index contributed by atoms with van der Waals surface area (Å²) < 4.78 is 0. The van der Waals surface area contributed by atoms with Crippen molar-refractivity contribution in [3.8, 4) is 0 Å². The molecule has 0 fully saturated rings. The molecule has 0 radical (unpaired) electrons. The third-order valence-corrected chi connectivity index (χ3v) is 3.14. The van der Waals surface area contributed by atoms with Crippen LogP contribution >= 0.6 is 0 Å². The lowest BCUT2D eigenvalue weighted by Gasteiger charge is -2.16. The van der Waals surface area contributed by atoms with Gasteiger partial charge in [-0.05, 0) is 31.7 Å². The summed E-state index contributed by atoms with van der Waals surface area (Å²) in [4.78, 5) is 22.5. The Morgan fingerprint density at radius 1 is 1.22 bits per heavy atom. The Balaban J connectivity index is 4.04. The first kappa shape index (κ1) is 16.9. The second-order valence-corrected chi connectivity index (χ2v) is 4.64. The Kier molecular flexibility index (Phi) is 9.28. The van der Waals surface area contributed by atoms with Crippen molar-refractivity contribution in [3.63, 3.8) is 0 Å². The van der Waals surface area contributed by atoms with Crippen LogP contribution in [0.5, 0.6) is 0 Å². The van der Waals surface area contributed by atoms with Gasteiger partial charge in [-0.1, -0.05) is 26.7 Å². The summed E-state index contributed by atoms with van der Waals surface area (Å²) in [6.45, 7) is 4.61. The molecule has 1 unspecified atom stereocenters. The number of rotatable bonds is 10. The Hall–Kier alpha value is -1.10. The van der Waals surface area contributed by atoms with Crippen LogP contribution in [0.15, 0.2) is 0 Å². The summed E-state index contributed by atoms with van der Waals surface area (Å²) in [6, 6.07) is -0.753. The molecule has 1 amide bonds. The predicted octanol–water partition coefficient (Wildman–Crippen LogP) is 1.51. The maximum Gasteiger partial charge on any atom is 0.326 e. The number of aliphatic carboxylic acids is 1. The van der Waals surface area contributed by atoms with Crippen LogP contribution < -0.4 is 11.1 Å². The van der Waals surface area contributed by atoms with E-state index in [4.69, 9.17) is 10.8 Å². The quantitative estimate of drug-likeness (QED) is 0.554. The highest BCUT2D eigenvalue weighted by Gasteiger charge is 2.19. The van der Waals surface area contributed by atoms with E-state index in [-0.39, 0.29) is 5.91 Å². The zero-order chi connectivity index (χ0) is 14.0. The Labute approximate surface area is 109 Å². The van der Waals surface area contributed by atoms with E-state index in [2.05, 4.69) is 12.2 Å². The average Bonchev–Trinajstić information content (AvgIpc) is 2.33. The molecule has 0 aliphatic rings. The van der Waals surface area contributed by atoms with Gasteiger partial charge in [0.25, 0.3) is 0 Å². The van der Waals surface area contributed by atoms with Gasteiger partial charge in [0, 0.05) is 6.42 Å². The van der Waals surface area contributed by atoms with E-state index in [1.807, 2.05) is 6.92 Å². The Morgan fingerprint density at radius 2 is 1.89 bits per heavy atom. The molecule has 106 valence electrons. The van der Waals surface area contributed by atoms with E-state index in [1.54, 1.807) is 0 Å². The normalized spacial score (nSPS) is 13.9. The summed E-state index contributed by atoms with van der Waals surface area (Å²) >= 11 is 0. The number of carboxylic acid groups (broad SMARTS) is 1. The van der Waals surface area contributed by atoms with Gasteiger partial charge in [-0.2, -0.15) is 0 Å². The molecule has 0 aromatic carbocycles. The van der Waals surface area contributed by atoms with Gasteiger partial charge in [-0.25, -0.2) is 4.79 Å². The molecule has 0 heterocycles. The SMILES string of the molecule is CCC[C@@H](NC(=O)CCC(CC)CCN)C(=O)O. The second kappa shape index (κ2) is 9.88. The standard InChI is InChI=1S/C13H26N2O3/c1-3-5-11(13(17)18)15-12(16)7-6-10(4-2)8-9-14/h10-11H,3-9,14H2,1-2H3,(H,15,16)(H,17,18)/t10?,11-/m1/s1. The van der Waals surface area contributed by atoms with Crippen molar-refractivity contribution >= 4 is 11.9 Å². The zero-order valence-electron chi connectivity index (χ0n) is 11.4. The number of hydrogen-bond acceptors (Lipinski definition) is 3. The highest BCUT2D eigenvalue weighted by Crippen LogP contribution is 2.14. The van der Waals surface area contributed by atoms with E-state index < -0.39 is 12.0 Å². The maximum absolute atomic E-state index is 11.7. The molecular formula is C13H26N2O3. The van der Waals surface area contributed by atoms with Gasteiger partial charge in [-0.3, -0.25) is 4.79 Å². The molecule has 0 saturated carbocycles. The number of carboxylic acids is 1. The predicted molar refractivity (Wildman–Crippen MR) is 71.2 cm³/mol. The van der Waals surface area contributed by atoms with E-state index in [9.17, 15) is 9.59 Å². The fourth-order valence-corrected chi connectivity index (χ4v) is 1.94. The van der Waals surface area contributed by atoms with Crippen LogP contribution in [0, 0.1) is 5.92 Å². The minimum absolute atomic E-state index is 0.175. The molecule has 0 bridgehead atoms. The maximum atomic E-state index is 11.7. The molecule has 0 spiro atoms. The van der Waals surface area contributed by atoms with Crippen LogP contribution in [0.3, 0.4) is 0 Å². The first-order chi connectivity index (χ1) is 8.54. The summed E-state index contributed by atoms with van der Waals surface area (Å²) in [5.74, 6) is -0.680. The summed E-state index contributed by atoms with van der Waals surface area (Å²) in [5, 5.41) is 11.5. The lowest BCUT2D eigenvalue weighted by molar-refractivity contribution is -0.142. The Bertz CT molecular complexity index is 257. The Morgan fingerprint density at radius 3 is 2.33 bits per heavy atom. The third kappa shape index (κ3) is 7.27. The summed E-state index contributed by atoms with van der Waals surface area (Å²) in [5.41, 5.74) is 5.49. The third-order valence-electron chi connectivity index (χ3n) is 3.14. The van der Waals surface area contributed by atoms with Gasteiger partial charge in [0.1, 0.15) is 6.04 Å². The van der Waals surface area contributed by atoms with Crippen molar-refractivity contribution in [3.05, 3.63) is 0 Å². The fourth-order valence-electron chi connectivity index (χ4n) is 1.94. The molecule has 0 rings (SSSR count). The van der Waals surface area contributed by atoms with Crippen LogP contribution in [0.25, 0.3) is 0 Å². The van der Waals surface area contributed by atoms with Gasteiger partial charge in [-0.15, -0.1) is 0 Å². The number of carbonyl (C=O) groups excluding carboxylic acids is 1. The van der Waals surface area contributed by atoms with Gasteiger partial charge >= 0.3 is 5.97 Å². The van der Waals surface area contributed by atoms with Gasteiger partial charge < -0.3 is 16.2 Å². The topological polar surface area (TPSA) is 92.4 Å². The molecule has 4 N–H and O–H groups in total. The number of nitrogens with one attached hydrogen (secondary N) is 1. The van der Waals surface area contributed by atoms with Gasteiger partial charge in [0.2, 0.25) is 5.91 Å². The smallest absolute Gasteiger partial charge is 0.326 e. The molecule has 0 aromatic heterocycles. The zero-order valence-corrected chi connectivity index (χ0v) is 11.4. The molecule has 0 aliphatic heterocycles. The fraction of sp³-hybridized carbons (Fsp3) is 0.846. The van der Waals surface area contributed by atoms with Crippen molar-refractivity contribution in [2.45, 2.75) is 58.4 Å². The van der Waals surface area contributed by atoms with E-state index in [0.717, 1.165) is 25.7 Å². The number of nitrogens with two attached hydrogens (primary N) is 1. The lowest BCUT2D eigenvalue weighted by Crippen LogP contribution is -2.40.